The molecule has 0 aromatic carbocycles. The van der Waals surface area contributed by atoms with Crippen LogP contribution in [-0.4, -0.2) is 61.6 Å². The molecule has 0 aromatic rings. The molecule has 2 amide bonds. The summed E-state index contributed by atoms with van der Waals surface area (Å²) in [5.41, 5.74) is -0.782. The minimum absolute atomic E-state index is 0.00620. The van der Waals surface area contributed by atoms with Crippen LogP contribution in [-0.2, 0) is 14.3 Å². The van der Waals surface area contributed by atoms with Gasteiger partial charge in [0, 0.05) is 19.1 Å². The fourth-order valence-electron chi connectivity index (χ4n) is 2.57. The third-order valence-electron chi connectivity index (χ3n) is 3.89. The Balaban J connectivity index is 2.15. The van der Waals surface area contributed by atoms with Crippen LogP contribution in [0.3, 0.4) is 0 Å². The molecule has 0 aliphatic carbocycles. The van der Waals surface area contributed by atoms with Gasteiger partial charge >= 0.3 is 0 Å². The van der Waals surface area contributed by atoms with Gasteiger partial charge in [0.25, 0.3) is 0 Å². The van der Waals surface area contributed by atoms with Crippen molar-refractivity contribution in [2.45, 2.75) is 25.4 Å². The first-order chi connectivity index (χ1) is 8.48. The monoisotopic (exact) mass is 255 g/mol. The maximum Gasteiger partial charge on any atom is 0.245 e. The van der Waals surface area contributed by atoms with Crippen molar-refractivity contribution >= 4 is 11.8 Å². The standard InChI is InChI=1S/C12H21N3O3/c1-12(2)11(17)14-4-5-15(12)10(16)8-6-18-7-9(8)13-3/h8-9,13H,4-7H2,1-3H3,(H,14,17). The molecule has 102 valence electrons. The topological polar surface area (TPSA) is 70.7 Å². The predicted molar refractivity (Wildman–Crippen MR) is 66.0 cm³/mol. The molecule has 0 aromatic heterocycles. The van der Waals surface area contributed by atoms with E-state index in [9.17, 15) is 9.59 Å². The normalized spacial score (nSPS) is 31.3. The van der Waals surface area contributed by atoms with Crippen molar-refractivity contribution in [3.63, 3.8) is 0 Å². The van der Waals surface area contributed by atoms with E-state index in [1.54, 1.807) is 18.7 Å². The van der Waals surface area contributed by atoms with Crippen molar-refractivity contribution in [2.24, 2.45) is 5.92 Å². The lowest BCUT2D eigenvalue weighted by atomic mass is 9.94. The van der Waals surface area contributed by atoms with Crippen LogP contribution in [0.25, 0.3) is 0 Å². The Bertz CT molecular complexity index is 356. The lowest BCUT2D eigenvalue weighted by Gasteiger charge is -2.42. The lowest BCUT2D eigenvalue weighted by Crippen LogP contribution is -2.65. The minimum Gasteiger partial charge on any atom is -0.379 e. The third kappa shape index (κ3) is 2.10. The zero-order chi connectivity index (χ0) is 13.3. The van der Waals surface area contributed by atoms with Crippen LogP contribution in [0.15, 0.2) is 0 Å². The average Bonchev–Trinajstić information content (AvgIpc) is 2.80. The van der Waals surface area contributed by atoms with Crippen molar-refractivity contribution in [1.82, 2.24) is 15.5 Å². The van der Waals surface area contributed by atoms with Gasteiger partial charge in [-0.2, -0.15) is 0 Å². The second-order valence-electron chi connectivity index (χ2n) is 5.34. The SMILES string of the molecule is CNC1COCC1C(=O)N1CCNC(=O)C1(C)C. The Labute approximate surface area is 107 Å². The fourth-order valence-corrected chi connectivity index (χ4v) is 2.57. The van der Waals surface area contributed by atoms with Gasteiger partial charge < -0.3 is 20.3 Å². The molecule has 6 heteroatoms. The van der Waals surface area contributed by atoms with Gasteiger partial charge in [0.1, 0.15) is 5.54 Å². The summed E-state index contributed by atoms with van der Waals surface area (Å²) in [6, 6.07) is 0.0401. The summed E-state index contributed by atoms with van der Waals surface area (Å²) < 4.78 is 5.36. The number of nitrogens with one attached hydrogen (secondary N) is 2. The number of ether oxygens (including phenoxy) is 1. The Kier molecular flexibility index (Phi) is 3.59. The van der Waals surface area contributed by atoms with Gasteiger partial charge in [-0.05, 0) is 20.9 Å². The Morgan fingerprint density at radius 1 is 1.50 bits per heavy atom. The van der Waals surface area contributed by atoms with Gasteiger partial charge in [-0.3, -0.25) is 9.59 Å². The van der Waals surface area contributed by atoms with Crippen molar-refractivity contribution in [3.8, 4) is 0 Å². The van der Waals surface area contributed by atoms with Gasteiger partial charge in [-0.25, -0.2) is 0 Å². The van der Waals surface area contributed by atoms with Crippen LogP contribution in [0.1, 0.15) is 13.8 Å². The Morgan fingerprint density at radius 2 is 2.22 bits per heavy atom. The van der Waals surface area contributed by atoms with E-state index < -0.39 is 5.54 Å². The van der Waals surface area contributed by atoms with Gasteiger partial charge in [0.2, 0.25) is 11.8 Å². The predicted octanol–water partition coefficient (Wildman–Crippen LogP) is -1.04. The Hall–Kier alpha value is -1.14. The molecule has 0 radical (unpaired) electrons. The number of rotatable bonds is 2. The summed E-state index contributed by atoms with van der Waals surface area (Å²) in [4.78, 5) is 26.1. The molecular weight excluding hydrogens is 234 g/mol. The number of carbonyl (C=O) groups excluding carboxylic acids is 2. The van der Waals surface area contributed by atoms with E-state index >= 15 is 0 Å². The summed E-state index contributed by atoms with van der Waals surface area (Å²) in [6.45, 7) is 5.62. The lowest BCUT2D eigenvalue weighted by molar-refractivity contribution is -0.152. The second-order valence-corrected chi connectivity index (χ2v) is 5.34. The maximum atomic E-state index is 12.6. The molecule has 2 N–H and O–H groups in total. The molecule has 2 heterocycles. The molecule has 2 unspecified atom stereocenters. The smallest absolute Gasteiger partial charge is 0.245 e. The van der Waals surface area contributed by atoms with Crippen LogP contribution in [0.2, 0.25) is 0 Å². The van der Waals surface area contributed by atoms with E-state index in [1.807, 2.05) is 7.05 Å². The average molecular weight is 255 g/mol. The first kappa shape index (κ1) is 13.3. The number of piperazine rings is 1. The molecule has 2 rings (SSSR count). The number of nitrogens with zero attached hydrogens (tertiary/aromatic N) is 1. The summed E-state index contributed by atoms with van der Waals surface area (Å²) >= 11 is 0. The highest BCUT2D eigenvalue weighted by Crippen LogP contribution is 2.24. The quantitative estimate of drug-likeness (QED) is 0.661. The molecule has 6 nitrogen and oxygen atoms in total. The third-order valence-corrected chi connectivity index (χ3v) is 3.89. The number of hydrogen-bond acceptors (Lipinski definition) is 4. The zero-order valence-electron chi connectivity index (χ0n) is 11.2. The second kappa shape index (κ2) is 4.85. The van der Waals surface area contributed by atoms with Crippen LogP contribution in [0.5, 0.6) is 0 Å². The number of hydrogen-bond donors (Lipinski definition) is 2. The van der Waals surface area contributed by atoms with Gasteiger partial charge in [0.15, 0.2) is 0 Å². The van der Waals surface area contributed by atoms with Crippen molar-refractivity contribution in [1.29, 1.82) is 0 Å². The molecule has 2 aliphatic rings. The molecule has 2 fully saturated rings. The number of amides is 2. The molecule has 2 atom stereocenters. The molecular formula is C12H21N3O3. The molecule has 2 saturated heterocycles. The van der Waals surface area contributed by atoms with Gasteiger partial charge in [-0.1, -0.05) is 0 Å². The van der Waals surface area contributed by atoms with Crippen molar-refractivity contribution in [3.05, 3.63) is 0 Å². The molecule has 0 saturated carbocycles. The number of carbonyl (C=O) groups is 2. The first-order valence-corrected chi connectivity index (χ1v) is 6.33. The summed E-state index contributed by atoms with van der Waals surface area (Å²) in [6.07, 6.45) is 0. The van der Waals surface area contributed by atoms with E-state index in [0.29, 0.717) is 26.3 Å². The first-order valence-electron chi connectivity index (χ1n) is 6.33. The van der Waals surface area contributed by atoms with E-state index in [4.69, 9.17) is 4.74 Å². The van der Waals surface area contributed by atoms with E-state index in [1.165, 1.54) is 0 Å². The highest BCUT2D eigenvalue weighted by molar-refractivity contribution is 5.92. The van der Waals surface area contributed by atoms with Crippen LogP contribution < -0.4 is 10.6 Å². The highest BCUT2D eigenvalue weighted by atomic mass is 16.5. The maximum absolute atomic E-state index is 12.6. The van der Waals surface area contributed by atoms with Gasteiger partial charge in [-0.15, -0.1) is 0 Å². The van der Waals surface area contributed by atoms with E-state index in [0.717, 1.165) is 0 Å². The van der Waals surface area contributed by atoms with Crippen LogP contribution >= 0.6 is 0 Å². The number of likely N-dealkylation sites (N-methyl/N-ethyl adjacent to an activating group) is 1. The molecule has 18 heavy (non-hydrogen) atoms. The van der Waals surface area contributed by atoms with Crippen LogP contribution in [0.4, 0.5) is 0 Å². The fraction of sp³-hybridized carbons (Fsp3) is 0.833. The zero-order valence-corrected chi connectivity index (χ0v) is 11.2. The van der Waals surface area contributed by atoms with Crippen molar-refractivity contribution in [2.75, 3.05) is 33.4 Å². The largest absolute Gasteiger partial charge is 0.379 e. The van der Waals surface area contributed by atoms with E-state index in [-0.39, 0.29) is 23.8 Å². The van der Waals surface area contributed by atoms with Crippen molar-refractivity contribution < 1.29 is 14.3 Å². The Morgan fingerprint density at radius 3 is 2.89 bits per heavy atom. The van der Waals surface area contributed by atoms with E-state index in [2.05, 4.69) is 10.6 Å². The summed E-state index contributed by atoms with van der Waals surface area (Å²) in [5.74, 6) is -0.283. The van der Waals surface area contributed by atoms with Crippen LogP contribution in [0, 0.1) is 5.92 Å². The summed E-state index contributed by atoms with van der Waals surface area (Å²) in [5, 5.41) is 5.89. The molecule has 0 spiro atoms. The molecule has 0 bridgehead atoms. The van der Waals surface area contributed by atoms with Gasteiger partial charge in [0.05, 0.1) is 19.1 Å². The minimum atomic E-state index is -0.782. The summed E-state index contributed by atoms with van der Waals surface area (Å²) in [7, 11) is 1.83. The molecule has 2 aliphatic heterocycles. The highest BCUT2D eigenvalue weighted by Gasteiger charge is 2.45.